The molecule has 0 radical (unpaired) electrons. The number of carbonyl (C=O) groups is 2. The van der Waals surface area contributed by atoms with Crippen LogP contribution in [0.3, 0.4) is 0 Å². The SMILES string of the molecule is CC(OC(=O)Nc1c(-c2ccc(NC(=O)C3OCCO3)cn2)nnn1C)c1cccnc1Cl. The quantitative estimate of drug-likeness (QED) is 0.516. The minimum absolute atomic E-state index is 0.253. The number of pyridine rings is 2. The number of nitrogens with one attached hydrogen (secondary N) is 2. The number of amides is 2. The Labute approximate surface area is 193 Å². The molecule has 4 heterocycles. The van der Waals surface area contributed by atoms with Crippen molar-refractivity contribution in [2.24, 2.45) is 7.05 Å². The number of aryl methyl sites for hydroxylation is 1. The summed E-state index contributed by atoms with van der Waals surface area (Å²) in [6.45, 7) is 2.42. The summed E-state index contributed by atoms with van der Waals surface area (Å²) in [5, 5.41) is 13.6. The van der Waals surface area contributed by atoms with Crippen LogP contribution in [-0.2, 0) is 26.1 Å². The first-order valence-corrected chi connectivity index (χ1v) is 10.3. The van der Waals surface area contributed by atoms with Gasteiger partial charge in [0, 0.05) is 18.8 Å². The zero-order chi connectivity index (χ0) is 23.4. The minimum Gasteiger partial charge on any atom is -0.441 e. The Morgan fingerprint density at radius 1 is 1.21 bits per heavy atom. The second kappa shape index (κ2) is 9.90. The number of ether oxygens (including phenoxy) is 3. The fourth-order valence-corrected chi connectivity index (χ4v) is 3.31. The fourth-order valence-electron chi connectivity index (χ4n) is 3.04. The summed E-state index contributed by atoms with van der Waals surface area (Å²) in [5.41, 5.74) is 1.77. The Bertz CT molecular complexity index is 1150. The lowest BCUT2D eigenvalue weighted by atomic mass is 10.2. The monoisotopic (exact) mass is 473 g/mol. The van der Waals surface area contributed by atoms with Crippen molar-refractivity contribution in [1.29, 1.82) is 0 Å². The number of rotatable bonds is 6. The van der Waals surface area contributed by atoms with Crippen LogP contribution < -0.4 is 10.6 Å². The van der Waals surface area contributed by atoms with E-state index in [1.165, 1.54) is 10.9 Å². The normalized spacial score (nSPS) is 14.6. The number of halogens is 1. The van der Waals surface area contributed by atoms with Crippen LogP contribution in [0.5, 0.6) is 0 Å². The summed E-state index contributed by atoms with van der Waals surface area (Å²) in [4.78, 5) is 32.8. The molecule has 0 saturated carbocycles. The summed E-state index contributed by atoms with van der Waals surface area (Å²) in [6.07, 6.45) is 0.701. The van der Waals surface area contributed by atoms with Gasteiger partial charge in [0.25, 0.3) is 5.91 Å². The van der Waals surface area contributed by atoms with Crippen LogP contribution >= 0.6 is 11.6 Å². The van der Waals surface area contributed by atoms with Crippen LogP contribution in [0.1, 0.15) is 18.6 Å². The highest BCUT2D eigenvalue weighted by Gasteiger charge is 2.25. The number of aromatic nitrogens is 5. The molecule has 0 aliphatic carbocycles. The molecule has 1 atom stereocenters. The predicted octanol–water partition coefficient (Wildman–Crippen LogP) is 2.55. The maximum atomic E-state index is 12.5. The highest BCUT2D eigenvalue weighted by Crippen LogP contribution is 2.26. The Balaban J connectivity index is 1.43. The lowest BCUT2D eigenvalue weighted by Crippen LogP contribution is -2.28. The van der Waals surface area contributed by atoms with E-state index in [1.807, 2.05) is 0 Å². The molecule has 13 heteroatoms. The molecule has 33 heavy (non-hydrogen) atoms. The summed E-state index contributed by atoms with van der Waals surface area (Å²) in [7, 11) is 1.61. The van der Waals surface area contributed by atoms with Gasteiger partial charge in [-0.2, -0.15) is 0 Å². The van der Waals surface area contributed by atoms with Crippen molar-refractivity contribution in [1.82, 2.24) is 25.0 Å². The highest BCUT2D eigenvalue weighted by molar-refractivity contribution is 6.30. The third-order valence-electron chi connectivity index (χ3n) is 4.67. The van der Waals surface area contributed by atoms with E-state index in [0.717, 1.165) is 0 Å². The molecule has 12 nitrogen and oxygen atoms in total. The lowest BCUT2D eigenvalue weighted by Gasteiger charge is -2.15. The molecule has 0 bridgehead atoms. The van der Waals surface area contributed by atoms with Gasteiger partial charge in [-0.1, -0.05) is 22.9 Å². The maximum absolute atomic E-state index is 12.5. The molecule has 3 aromatic heterocycles. The van der Waals surface area contributed by atoms with Crippen LogP contribution in [0.15, 0.2) is 36.7 Å². The first kappa shape index (κ1) is 22.6. The molecule has 1 aliphatic rings. The van der Waals surface area contributed by atoms with Gasteiger partial charge in [-0.05, 0) is 25.1 Å². The molecule has 2 amide bonds. The van der Waals surface area contributed by atoms with Crippen molar-refractivity contribution >= 4 is 35.1 Å². The second-order valence-corrected chi connectivity index (χ2v) is 7.32. The van der Waals surface area contributed by atoms with Crippen LogP contribution in [0, 0.1) is 0 Å². The third kappa shape index (κ3) is 5.25. The highest BCUT2D eigenvalue weighted by atomic mass is 35.5. The van der Waals surface area contributed by atoms with E-state index in [2.05, 4.69) is 30.9 Å². The van der Waals surface area contributed by atoms with Gasteiger partial charge in [0.2, 0.25) is 6.29 Å². The maximum Gasteiger partial charge on any atom is 0.413 e. The largest absolute Gasteiger partial charge is 0.441 e. The number of anilines is 2. The van der Waals surface area contributed by atoms with E-state index >= 15 is 0 Å². The molecule has 1 fully saturated rings. The van der Waals surface area contributed by atoms with Crippen LogP contribution in [0.4, 0.5) is 16.3 Å². The Kier molecular flexibility index (Phi) is 6.77. The average molecular weight is 474 g/mol. The molecule has 4 rings (SSSR count). The van der Waals surface area contributed by atoms with Gasteiger partial charge in [0.15, 0.2) is 11.5 Å². The molecule has 3 aromatic rings. The van der Waals surface area contributed by atoms with Crippen molar-refractivity contribution in [3.05, 3.63) is 47.4 Å². The van der Waals surface area contributed by atoms with Crippen molar-refractivity contribution in [3.8, 4) is 11.4 Å². The number of carbonyl (C=O) groups excluding carboxylic acids is 2. The number of hydrogen-bond donors (Lipinski definition) is 2. The van der Waals surface area contributed by atoms with Crippen LogP contribution in [-0.4, -0.2) is 56.5 Å². The van der Waals surface area contributed by atoms with Crippen molar-refractivity contribution in [2.45, 2.75) is 19.3 Å². The molecular weight excluding hydrogens is 454 g/mol. The van der Waals surface area contributed by atoms with Crippen LogP contribution in [0.2, 0.25) is 5.15 Å². The Hall–Kier alpha value is -3.61. The van der Waals surface area contributed by atoms with E-state index in [1.54, 1.807) is 44.4 Å². The summed E-state index contributed by atoms with van der Waals surface area (Å²) in [6, 6.07) is 6.69. The first-order valence-electron chi connectivity index (χ1n) is 9.90. The number of hydrogen-bond acceptors (Lipinski definition) is 9. The molecule has 2 N–H and O–H groups in total. The third-order valence-corrected chi connectivity index (χ3v) is 4.98. The molecule has 1 unspecified atom stereocenters. The van der Waals surface area contributed by atoms with Gasteiger partial charge in [-0.3, -0.25) is 15.1 Å². The Morgan fingerprint density at radius 2 is 2.00 bits per heavy atom. The lowest BCUT2D eigenvalue weighted by molar-refractivity contribution is -0.140. The summed E-state index contributed by atoms with van der Waals surface area (Å²) < 4.78 is 17.1. The number of nitrogens with zero attached hydrogens (tertiary/aromatic N) is 5. The van der Waals surface area contributed by atoms with E-state index < -0.39 is 24.4 Å². The smallest absolute Gasteiger partial charge is 0.413 e. The van der Waals surface area contributed by atoms with E-state index in [4.69, 9.17) is 25.8 Å². The van der Waals surface area contributed by atoms with Crippen LogP contribution in [0.25, 0.3) is 11.4 Å². The van der Waals surface area contributed by atoms with Crippen molar-refractivity contribution < 1.29 is 23.8 Å². The standard InChI is InChI=1S/C20H20ClN7O5/c1-11(13-4-3-7-22-16(13)21)33-20(30)25-17-15(26-27-28(17)2)14-6-5-12(10-23-14)24-18(29)19-31-8-9-32-19/h3-7,10-11,19H,8-9H2,1-2H3,(H,24,29)(H,25,30). The molecule has 1 saturated heterocycles. The summed E-state index contributed by atoms with van der Waals surface area (Å²) in [5.74, 6) is -0.143. The van der Waals surface area contributed by atoms with Crippen molar-refractivity contribution in [2.75, 3.05) is 23.8 Å². The zero-order valence-electron chi connectivity index (χ0n) is 17.7. The van der Waals surface area contributed by atoms with Gasteiger partial charge in [-0.25, -0.2) is 14.5 Å². The van der Waals surface area contributed by atoms with E-state index in [9.17, 15) is 9.59 Å². The molecule has 172 valence electrons. The van der Waals surface area contributed by atoms with Gasteiger partial charge >= 0.3 is 6.09 Å². The fraction of sp³-hybridized carbons (Fsp3) is 0.300. The van der Waals surface area contributed by atoms with Gasteiger partial charge in [0.1, 0.15) is 11.3 Å². The Morgan fingerprint density at radius 3 is 2.70 bits per heavy atom. The van der Waals surface area contributed by atoms with Crippen molar-refractivity contribution in [3.63, 3.8) is 0 Å². The summed E-state index contributed by atoms with van der Waals surface area (Å²) >= 11 is 6.06. The van der Waals surface area contributed by atoms with Gasteiger partial charge in [-0.15, -0.1) is 5.10 Å². The molecular formula is C20H20ClN7O5. The van der Waals surface area contributed by atoms with E-state index in [0.29, 0.717) is 35.9 Å². The second-order valence-electron chi connectivity index (χ2n) is 6.96. The first-order chi connectivity index (χ1) is 15.9. The average Bonchev–Trinajstić information content (AvgIpc) is 3.46. The molecule has 0 aromatic carbocycles. The predicted molar refractivity (Wildman–Crippen MR) is 116 cm³/mol. The molecule has 0 spiro atoms. The van der Waals surface area contributed by atoms with Gasteiger partial charge in [0.05, 0.1) is 30.8 Å². The van der Waals surface area contributed by atoms with Gasteiger partial charge < -0.3 is 19.5 Å². The van der Waals surface area contributed by atoms with E-state index in [-0.39, 0.29) is 11.0 Å². The topological polar surface area (TPSA) is 142 Å². The molecule has 1 aliphatic heterocycles. The minimum atomic E-state index is -0.935. The zero-order valence-corrected chi connectivity index (χ0v) is 18.4.